The van der Waals surface area contributed by atoms with Crippen LogP contribution in [-0.2, 0) is 31.0 Å². The molecule has 2 saturated carbocycles. The van der Waals surface area contributed by atoms with E-state index < -0.39 is 0 Å². The lowest BCUT2D eigenvalue weighted by Gasteiger charge is -2.51. The summed E-state index contributed by atoms with van der Waals surface area (Å²) in [5, 5.41) is 9.42. The topological polar surface area (TPSA) is 146 Å². The Morgan fingerprint density at radius 1 is 0.953 bits per heavy atom. The summed E-state index contributed by atoms with van der Waals surface area (Å²) in [5.41, 5.74) is 4.67. The van der Waals surface area contributed by atoms with Crippen molar-refractivity contribution in [3.05, 3.63) is 47.8 Å². The first-order chi connectivity index (χ1) is 31.0. The maximum Gasteiger partial charge on any atom is 0.246 e. The van der Waals surface area contributed by atoms with Gasteiger partial charge in [-0.1, -0.05) is 64.2 Å². The van der Waals surface area contributed by atoms with Crippen LogP contribution in [0.15, 0.2) is 36.7 Å². The molecule has 5 fully saturated rings. The number of nitrogens with one attached hydrogen (secondary N) is 3. The average molecular weight is 897 g/mol. The number of carbonyl (C=O) groups excluding carboxylic acids is 4. The van der Waals surface area contributed by atoms with Crippen molar-refractivity contribution in [3.8, 4) is 0 Å². The Bertz CT molecular complexity index is 2000. The van der Waals surface area contributed by atoms with Crippen LogP contribution in [0.3, 0.4) is 0 Å². The predicted molar refractivity (Wildman–Crippen MR) is 256 cm³/mol. The van der Waals surface area contributed by atoms with Crippen LogP contribution in [0.4, 0.5) is 23.1 Å². The number of allylic oxidation sites excluding steroid dienone is 1. The number of para-hydroxylation sites is 1. The van der Waals surface area contributed by atoms with Gasteiger partial charge in [-0.05, 0) is 106 Å². The van der Waals surface area contributed by atoms with Gasteiger partial charge in [-0.15, -0.1) is 0 Å². The van der Waals surface area contributed by atoms with Gasteiger partial charge in [0, 0.05) is 88.5 Å². The second-order valence-electron chi connectivity index (χ2n) is 19.9. The van der Waals surface area contributed by atoms with E-state index in [4.69, 9.17) is 9.97 Å². The molecule has 4 amide bonds. The van der Waals surface area contributed by atoms with Gasteiger partial charge in [0.1, 0.15) is 11.9 Å². The van der Waals surface area contributed by atoms with Gasteiger partial charge in [-0.2, -0.15) is 4.98 Å². The number of piperidine rings is 2. The summed E-state index contributed by atoms with van der Waals surface area (Å²) in [6.45, 7) is 11.1. The van der Waals surface area contributed by atoms with E-state index in [0.29, 0.717) is 29.7 Å². The van der Waals surface area contributed by atoms with Crippen LogP contribution in [-0.4, -0.2) is 108 Å². The number of rotatable bonds is 23. The van der Waals surface area contributed by atoms with Crippen molar-refractivity contribution in [2.45, 2.75) is 152 Å². The summed E-state index contributed by atoms with van der Waals surface area (Å²) in [5.74, 6) is 2.24. The van der Waals surface area contributed by atoms with Gasteiger partial charge < -0.3 is 25.8 Å². The summed E-state index contributed by atoms with van der Waals surface area (Å²) in [4.78, 5) is 65.0. The van der Waals surface area contributed by atoms with E-state index in [1.54, 1.807) is 11.9 Å². The Morgan fingerprint density at radius 3 is 2.41 bits per heavy atom. The molecule has 348 valence electrons. The molecule has 64 heavy (non-hydrogen) atoms. The monoisotopic (exact) mass is 897 g/mol. The molecular weight excluding hydrogens is 825 g/mol. The Hall–Kier alpha value is -4.21. The van der Waals surface area contributed by atoms with Gasteiger partial charge in [0.25, 0.3) is 0 Å². The SMILES string of the molecule is C=C1CCC(N(C)c2cccc(CCCCCCCCC3(CCCNC=O)CN(SN4CCC(Nc5ncc6c(n5)N(C5CCCC5C)C(=O)C65CC5)CC4)C3)c2N(C)C=O)C(=O)N1. The maximum atomic E-state index is 13.7. The number of hydrogen-bond donors (Lipinski definition) is 3. The zero-order valence-electron chi connectivity index (χ0n) is 38.6. The molecule has 3 N–H and O–H groups in total. The number of nitrogens with zero attached hydrogens (tertiary/aromatic N) is 7. The largest absolute Gasteiger partial charge is 0.361 e. The number of aromatic nitrogens is 2. The Kier molecular flexibility index (Phi) is 14.9. The van der Waals surface area contributed by atoms with Crippen LogP contribution in [0.2, 0.25) is 0 Å². The molecule has 1 spiro atoms. The van der Waals surface area contributed by atoms with Gasteiger partial charge in [0.05, 0.1) is 16.8 Å². The lowest BCUT2D eigenvalue weighted by atomic mass is 9.73. The van der Waals surface area contributed by atoms with Gasteiger partial charge in [0.2, 0.25) is 30.6 Å². The first kappa shape index (κ1) is 46.3. The standard InChI is InChI=1S/C49H72N10O4S/c1-35-14-11-17-40(35)59-44-39(49(25-26-49)46(59)63)30-51-47(54-44)53-38-21-28-57(29-22-38)64-58-31-48(32-58,24-13-27-50-33-60)23-10-8-6-5-7-9-15-37-16-12-18-41(43(37)55(3)34-61)56(4)42-20-19-36(2)52-45(42)62/h12,16,18,30,33-35,38,40,42H,2,5-11,13-15,17,19-29,31-32H2,1,3-4H3,(H,50,60)(H,52,62)(H,51,53,54). The molecule has 4 aliphatic heterocycles. The Balaban J connectivity index is 0.756. The summed E-state index contributed by atoms with van der Waals surface area (Å²) >= 11 is 1.91. The fraction of sp³-hybridized carbons (Fsp3) is 0.673. The van der Waals surface area contributed by atoms with Crippen LogP contribution >= 0.6 is 12.1 Å². The zero-order chi connectivity index (χ0) is 44.8. The number of unbranched alkanes of at least 4 members (excludes halogenated alkanes) is 5. The molecule has 14 nitrogen and oxygen atoms in total. The van der Waals surface area contributed by atoms with E-state index in [1.165, 1.54) is 44.9 Å². The lowest BCUT2D eigenvalue weighted by Crippen LogP contribution is -2.54. The minimum Gasteiger partial charge on any atom is -0.361 e. The van der Waals surface area contributed by atoms with Crippen molar-refractivity contribution < 1.29 is 19.2 Å². The molecule has 2 aromatic rings. The van der Waals surface area contributed by atoms with Gasteiger partial charge >= 0.3 is 0 Å². The van der Waals surface area contributed by atoms with Crippen molar-refractivity contribution in [1.82, 2.24) is 29.2 Å². The second-order valence-corrected chi connectivity index (χ2v) is 21.1. The first-order valence-electron chi connectivity index (χ1n) is 24.4. The molecule has 2 aliphatic carbocycles. The molecule has 15 heteroatoms. The van der Waals surface area contributed by atoms with Crippen LogP contribution < -0.4 is 30.7 Å². The van der Waals surface area contributed by atoms with E-state index in [0.717, 1.165) is 150 Å². The molecule has 0 radical (unpaired) electrons. The van der Waals surface area contributed by atoms with Crippen LogP contribution in [0.1, 0.15) is 134 Å². The van der Waals surface area contributed by atoms with Crippen LogP contribution in [0.25, 0.3) is 0 Å². The van der Waals surface area contributed by atoms with E-state index >= 15 is 0 Å². The third-order valence-electron chi connectivity index (χ3n) is 15.4. The highest BCUT2D eigenvalue weighted by Crippen LogP contribution is 2.58. The minimum absolute atomic E-state index is 0.0473. The number of amides is 4. The molecule has 3 unspecified atom stereocenters. The maximum absolute atomic E-state index is 13.7. The van der Waals surface area contributed by atoms with E-state index in [9.17, 15) is 19.2 Å². The average Bonchev–Trinajstić information content (AvgIpc) is 3.93. The highest BCUT2D eigenvalue weighted by atomic mass is 32.2. The molecule has 3 saturated heterocycles. The molecule has 3 atom stereocenters. The molecule has 0 bridgehead atoms. The van der Waals surface area contributed by atoms with Crippen LogP contribution in [0, 0.1) is 11.3 Å². The third-order valence-corrected chi connectivity index (χ3v) is 16.5. The van der Waals surface area contributed by atoms with E-state index in [2.05, 4.69) is 49.0 Å². The van der Waals surface area contributed by atoms with E-state index in [-0.39, 0.29) is 29.3 Å². The van der Waals surface area contributed by atoms with E-state index in [1.807, 2.05) is 42.4 Å². The molecule has 6 aliphatic rings. The lowest BCUT2D eigenvalue weighted by molar-refractivity contribution is -0.123. The highest BCUT2D eigenvalue weighted by Gasteiger charge is 2.62. The molecular formula is C49H72N10O4S. The van der Waals surface area contributed by atoms with Crippen LogP contribution in [0.5, 0.6) is 0 Å². The normalized spacial score (nSPS) is 24.0. The van der Waals surface area contributed by atoms with Gasteiger partial charge in [-0.25, -0.2) is 13.6 Å². The van der Waals surface area contributed by atoms with Crippen molar-refractivity contribution in [2.75, 3.05) is 66.8 Å². The number of fused-ring (bicyclic) bond motifs is 2. The van der Waals surface area contributed by atoms with Crippen molar-refractivity contribution in [3.63, 3.8) is 0 Å². The predicted octanol–water partition coefficient (Wildman–Crippen LogP) is 7.11. The minimum atomic E-state index is -0.355. The third kappa shape index (κ3) is 10.1. The highest BCUT2D eigenvalue weighted by molar-refractivity contribution is 7.94. The fourth-order valence-electron chi connectivity index (χ4n) is 11.4. The first-order valence-corrected chi connectivity index (χ1v) is 25.1. The number of anilines is 4. The molecule has 1 aromatic carbocycles. The molecule has 1 aromatic heterocycles. The summed E-state index contributed by atoms with van der Waals surface area (Å²) in [6.07, 6.45) is 23.6. The number of likely N-dealkylation sites (N-methyl/N-ethyl adjacent to an activating group) is 1. The van der Waals surface area contributed by atoms with Gasteiger partial charge in [0.15, 0.2) is 0 Å². The number of benzene rings is 1. The Morgan fingerprint density at radius 2 is 1.70 bits per heavy atom. The molecule has 8 rings (SSSR count). The second kappa shape index (κ2) is 20.5. The summed E-state index contributed by atoms with van der Waals surface area (Å²) < 4.78 is 5.05. The number of hydrogen-bond acceptors (Lipinski definition) is 11. The number of aryl methyl sites for hydroxylation is 1. The molecule has 5 heterocycles. The van der Waals surface area contributed by atoms with Gasteiger partial charge in [-0.3, -0.25) is 24.1 Å². The summed E-state index contributed by atoms with van der Waals surface area (Å²) in [7, 11) is 3.74. The summed E-state index contributed by atoms with van der Waals surface area (Å²) in [6, 6.07) is 6.41. The fourth-order valence-corrected chi connectivity index (χ4v) is 12.8. The van der Waals surface area contributed by atoms with Crippen molar-refractivity contribution in [2.24, 2.45) is 11.3 Å². The quantitative estimate of drug-likeness (QED) is 0.0597. The van der Waals surface area contributed by atoms with Crippen molar-refractivity contribution >= 4 is 59.9 Å². The Labute approximate surface area is 385 Å². The number of carbonyl (C=O) groups is 4. The van der Waals surface area contributed by atoms with Crippen molar-refractivity contribution in [1.29, 1.82) is 0 Å². The smallest absolute Gasteiger partial charge is 0.246 e. The zero-order valence-corrected chi connectivity index (χ0v) is 39.4.